The molecule has 24 heavy (non-hydrogen) atoms. The van der Waals surface area contributed by atoms with Gasteiger partial charge in [0, 0.05) is 12.3 Å². The molecule has 128 valence electrons. The van der Waals surface area contributed by atoms with Gasteiger partial charge in [-0.05, 0) is 18.4 Å². The highest BCUT2D eigenvalue weighted by molar-refractivity contribution is 5.97. The molecule has 1 aliphatic rings. The van der Waals surface area contributed by atoms with E-state index in [1.54, 1.807) is 0 Å². The van der Waals surface area contributed by atoms with Crippen LogP contribution in [0.4, 0.5) is 0 Å². The van der Waals surface area contributed by atoms with Gasteiger partial charge in [0.25, 0.3) is 5.91 Å². The van der Waals surface area contributed by atoms with Crippen LogP contribution in [0.3, 0.4) is 0 Å². The van der Waals surface area contributed by atoms with E-state index in [0.717, 1.165) is 25.7 Å². The molecule has 1 heterocycles. The van der Waals surface area contributed by atoms with Crippen molar-refractivity contribution < 1.29 is 9.59 Å². The first-order valence-electron chi connectivity index (χ1n) is 8.24. The number of nitrogens with zero attached hydrogens (tertiary/aromatic N) is 1. The molecule has 1 aromatic heterocycles. The van der Waals surface area contributed by atoms with Crippen LogP contribution < -0.4 is 16.2 Å². The number of pyridine rings is 1. The lowest BCUT2D eigenvalue weighted by atomic mass is 9.84. The molecule has 0 spiro atoms. The van der Waals surface area contributed by atoms with Crippen LogP contribution in [0.2, 0.25) is 0 Å². The molecular formula is C17H22N4O3. The highest BCUT2D eigenvalue weighted by Gasteiger charge is 2.26. The number of hydrogen-bond acceptors (Lipinski definition) is 4. The molecule has 0 unspecified atom stereocenters. The van der Waals surface area contributed by atoms with Crippen molar-refractivity contribution in [1.82, 2.24) is 15.6 Å². The summed E-state index contributed by atoms with van der Waals surface area (Å²) in [5.74, 6) is -0.369. The molecule has 7 nitrogen and oxygen atoms in total. The minimum atomic E-state index is -0.680. The van der Waals surface area contributed by atoms with Crippen LogP contribution in [0.1, 0.15) is 48.9 Å². The van der Waals surface area contributed by atoms with Gasteiger partial charge >= 0.3 is 0 Å². The van der Waals surface area contributed by atoms with Crippen LogP contribution in [0.5, 0.6) is 0 Å². The highest BCUT2D eigenvalue weighted by Crippen LogP contribution is 2.27. The van der Waals surface area contributed by atoms with E-state index in [0.29, 0.717) is 12.3 Å². The average Bonchev–Trinajstić information content (AvgIpc) is 2.60. The summed E-state index contributed by atoms with van der Waals surface area (Å²) in [6.45, 7) is -0.0888. The number of aromatic nitrogens is 1. The van der Waals surface area contributed by atoms with Gasteiger partial charge < -0.3 is 15.6 Å². The van der Waals surface area contributed by atoms with E-state index < -0.39 is 11.9 Å². The van der Waals surface area contributed by atoms with E-state index in [1.807, 2.05) is 6.07 Å². The summed E-state index contributed by atoms with van der Waals surface area (Å²) in [7, 11) is 0. The van der Waals surface area contributed by atoms with E-state index in [9.17, 15) is 14.4 Å². The van der Waals surface area contributed by atoms with Crippen molar-refractivity contribution >= 4 is 11.8 Å². The molecule has 1 saturated carbocycles. The Kier molecular flexibility index (Phi) is 6.55. The maximum absolute atomic E-state index is 12.3. The molecule has 0 saturated heterocycles. The van der Waals surface area contributed by atoms with Gasteiger partial charge in [0.1, 0.15) is 12.6 Å². The predicted octanol–water partition coefficient (Wildman–Crippen LogP) is 1.08. The lowest BCUT2D eigenvalue weighted by molar-refractivity contribution is -0.123. The van der Waals surface area contributed by atoms with E-state index >= 15 is 0 Å². The third kappa shape index (κ3) is 5.23. The van der Waals surface area contributed by atoms with Gasteiger partial charge in [-0.3, -0.25) is 14.4 Å². The Morgan fingerprint density at radius 2 is 2.04 bits per heavy atom. The van der Waals surface area contributed by atoms with Crippen molar-refractivity contribution in [2.75, 3.05) is 6.54 Å². The Balaban J connectivity index is 2.04. The van der Waals surface area contributed by atoms with Gasteiger partial charge in [0.05, 0.1) is 11.6 Å². The number of aromatic amines is 1. The zero-order chi connectivity index (χ0) is 17.4. The summed E-state index contributed by atoms with van der Waals surface area (Å²) in [5, 5.41) is 13.9. The van der Waals surface area contributed by atoms with E-state index in [2.05, 4.69) is 15.6 Å². The second-order valence-electron chi connectivity index (χ2n) is 6.08. The Morgan fingerprint density at radius 1 is 1.29 bits per heavy atom. The zero-order valence-electron chi connectivity index (χ0n) is 13.5. The number of nitriles is 1. The standard InChI is InChI=1S/C17H22N4O3/c18-8-9-19-17(24)14(10-12-4-2-1-3-5-12)21-16(23)13-6-7-15(22)20-11-13/h6-7,11-12,14H,1-5,9-10H2,(H,19,24)(H,20,22)(H,21,23)/t14-/m0/s1. The number of carbonyl (C=O) groups excluding carboxylic acids is 2. The SMILES string of the molecule is N#CCNC(=O)[C@H](CC1CCCCC1)NC(=O)c1ccc(=O)[nH]c1. The number of hydrogen-bond donors (Lipinski definition) is 3. The first-order valence-corrected chi connectivity index (χ1v) is 8.24. The smallest absolute Gasteiger partial charge is 0.253 e. The minimum absolute atomic E-state index is 0.0888. The number of amides is 2. The third-order valence-corrected chi connectivity index (χ3v) is 4.30. The first kappa shape index (κ1) is 17.7. The molecule has 1 atom stereocenters. The van der Waals surface area contributed by atoms with Crippen LogP contribution >= 0.6 is 0 Å². The first-order chi connectivity index (χ1) is 11.6. The Labute approximate surface area is 140 Å². The molecule has 2 amide bonds. The predicted molar refractivity (Wildman–Crippen MR) is 88.1 cm³/mol. The Bertz CT molecular complexity index is 651. The molecule has 2 rings (SSSR count). The van der Waals surface area contributed by atoms with Crippen molar-refractivity contribution in [3.8, 4) is 6.07 Å². The molecule has 1 fully saturated rings. The normalized spacial score (nSPS) is 16.0. The Morgan fingerprint density at radius 3 is 2.67 bits per heavy atom. The lowest BCUT2D eigenvalue weighted by Gasteiger charge is -2.26. The minimum Gasteiger partial charge on any atom is -0.341 e. The molecule has 0 radical (unpaired) electrons. The fourth-order valence-corrected chi connectivity index (χ4v) is 3.03. The second kappa shape index (κ2) is 8.87. The zero-order valence-corrected chi connectivity index (χ0v) is 13.5. The molecule has 1 aliphatic carbocycles. The molecular weight excluding hydrogens is 308 g/mol. The lowest BCUT2D eigenvalue weighted by Crippen LogP contribution is -2.48. The van der Waals surface area contributed by atoms with Crippen LogP contribution in [0, 0.1) is 17.2 Å². The van der Waals surface area contributed by atoms with Crippen molar-refractivity contribution in [2.24, 2.45) is 5.92 Å². The van der Waals surface area contributed by atoms with Gasteiger partial charge in [-0.1, -0.05) is 32.1 Å². The third-order valence-electron chi connectivity index (χ3n) is 4.30. The summed E-state index contributed by atoms with van der Waals surface area (Å²) in [4.78, 5) is 38.1. The Hall–Kier alpha value is -2.62. The second-order valence-corrected chi connectivity index (χ2v) is 6.08. The molecule has 1 aromatic rings. The van der Waals surface area contributed by atoms with Crippen LogP contribution in [-0.4, -0.2) is 29.4 Å². The number of nitrogens with one attached hydrogen (secondary N) is 3. The number of rotatable bonds is 6. The number of carbonyl (C=O) groups is 2. The fraction of sp³-hybridized carbons (Fsp3) is 0.529. The van der Waals surface area contributed by atoms with Crippen molar-refractivity contribution in [3.05, 3.63) is 34.2 Å². The quantitative estimate of drug-likeness (QED) is 0.677. The maximum atomic E-state index is 12.3. The van der Waals surface area contributed by atoms with E-state index in [4.69, 9.17) is 5.26 Å². The van der Waals surface area contributed by atoms with Gasteiger partial charge in [0.2, 0.25) is 11.5 Å². The monoisotopic (exact) mass is 330 g/mol. The van der Waals surface area contributed by atoms with Crippen molar-refractivity contribution in [2.45, 2.75) is 44.6 Å². The summed E-state index contributed by atoms with van der Waals surface area (Å²) in [5.41, 5.74) is -0.00611. The van der Waals surface area contributed by atoms with Crippen molar-refractivity contribution in [1.29, 1.82) is 5.26 Å². The molecule has 0 aromatic carbocycles. The summed E-state index contributed by atoms with van der Waals surface area (Å²) >= 11 is 0. The van der Waals surface area contributed by atoms with E-state index in [1.165, 1.54) is 24.8 Å². The van der Waals surface area contributed by atoms with Crippen molar-refractivity contribution in [3.63, 3.8) is 0 Å². The van der Waals surface area contributed by atoms with Crippen LogP contribution in [0.25, 0.3) is 0 Å². The van der Waals surface area contributed by atoms with Gasteiger partial charge in [0.15, 0.2) is 0 Å². The fourth-order valence-electron chi connectivity index (χ4n) is 3.03. The molecule has 0 bridgehead atoms. The molecule has 7 heteroatoms. The summed E-state index contributed by atoms with van der Waals surface area (Å²) in [6, 6.07) is 3.86. The molecule has 0 aliphatic heterocycles. The summed E-state index contributed by atoms with van der Waals surface area (Å²) < 4.78 is 0. The topological polar surface area (TPSA) is 115 Å². The van der Waals surface area contributed by atoms with Crippen LogP contribution in [-0.2, 0) is 4.79 Å². The van der Waals surface area contributed by atoms with Gasteiger partial charge in [-0.15, -0.1) is 0 Å². The maximum Gasteiger partial charge on any atom is 0.253 e. The highest BCUT2D eigenvalue weighted by atomic mass is 16.2. The molecule has 3 N–H and O–H groups in total. The number of H-pyrrole nitrogens is 1. The van der Waals surface area contributed by atoms with E-state index in [-0.39, 0.29) is 23.6 Å². The van der Waals surface area contributed by atoms with Gasteiger partial charge in [-0.25, -0.2) is 0 Å². The largest absolute Gasteiger partial charge is 0.341 e. The van der Waals surface area contributed by atoms with Gasteiger partial charge in [-0.2, -0.15) is 5.26 Å². The average molecular weight is 330 g/mol. The van der Waals surface area contributed by atoms with Crippen LogP contribution in [0.15, 0.2) is 23.1 Å². The summed E-state index contributed by atoms with van der Waals surface area (Å²) in [6.07, 6.45) is 7.49.